The number of fused-ring (bicyclic) bond motifs is 2. The number of likely N-dealkylation sites (tertiary alicyclic amines) is 3. The second kappa shape index (κ2) is 13.4. The Balaban J connectivity index is 1.03. The van der Waals surface area contributed by atoms with E-state index in [2.05, 4.69) is 51.2 Å². The Labute approximate surface area is 291 Å². The van der Waals surface area contributed by atoms with Gasteiger partial charge >= 0.3 is 0 Å². The molecule has 2 amide bonds. The van der Waals surface area contributed by atoms with Gasteiger partial charge in [0, 0.05) is 88.6 Å². The molecule has 3 saturated heterocycles. The summed E-state index contributed by atoms with van der Waals surface area (Å²) >= 11 is 0. The summed E-state index contributed by atoms with van der Waals surface area (Å²) in [6.45, 7) is 21.6. The molecule has 49 heavy (non-hydrogen) atoms. The molecule has 8 nitrogen and oxygen atoms in total. The first-order valence-corrected chi connectivity index (χ1v) is 18.7. The molecule has 5 heterocycles. The second-order valence-corrected chi connectivity index (χ2v) is 16.3. The van der Waals surface area contributed by atoms with E-state index in [0.29, 0.717) is 53.6 Å². The molecule has 0 radical (unpaired) electrons. The molecular weight excluding hydrogens is 615 g/mol. The number of pyridine rings is 1. The Hall–Kier alpha value is -3.30. The van der Waals surface area contributed by atoms with Gasteiger partial charge in [0.05, 0.1) is 23.0 Å². The standard InChI is InChI=1S/C40H55FN6O2/c1-8-46(25(4)5)40(49)35-14-33(41)9-10-36(35)47-23-30(38-26(6)15-42-16-37(38)47)11-28-17-45(18-28)39(24(2)3)29-12-34(13-29)44-21-31-19-43(27(7)48)20-32(31)22-44/h9-10,14-16,23-25,28-29,31-32,34,39H,8,11-13,17-22H2,1-7H3/t29-,31-,32?,34-,39?/m1/s1. The molecule has 2 aromatic heterocycles. The topological polar surface area (TPSA) is 64.9 Å². The van der Waals surface area contributed by atoms with Crippen molar-refractivity contribution in [1.82, 2.24) is 29.2 Å². The molecule has 1 aliphatic carbocycles. The first-order valence-electron chi connectivity index (χ1n) is 18.7. The van der Waals surface area contributed by atoms with Crippen LogP contribution in [0.15, 0.2) is 36.8 Å². The number of benzene rings is 1. The molecule has 4 aliphatic rings. The summed E-state index contributed by atoms with van der Waals surface area (Å²) in [5.41, 5.74) is 4.42. The van der Waals surface area contributed by atoms with Crippen LogP contribution in [0.1, 0.15) is 75.9 Å². The quantitative estimate of drug-likeness (QED) is 0.264. The lowest BCUT2D eigenvalue weighted by atomic mass is 9.70. The number of hydrogen-bond acceptors (Lipinski definition) is 5. The first-order chi connectivity index (χ1) is 23.4. The van der Waals surface area contributed by atoms with Gasteiger partial charge in [0.2, 0.25) is 5.91 Å². The number of carbonyl (C=O) groups is 2. The summed E-state index contributed by atoms with van der Waals surface area (Å²) < 4.78 is 16.7. The molecule has 1 aromatic carbocycles. The predicted molar refractivity (Wildman–Crippen MR) is 192 cm³/mol. The van der Waals surface area contributed by atoms with E-state index in [-0.39, 0.29) is 17.9 Å². The highest BCUT2D eigenvalue weighted by Crippen LogP contribution is 2.44. The van der Waals surface area contributed by atoms with Crippen LogP contribution in [0, 0.1) is 42.3 Å². The highest BCUT2D eigenvalue weighted by atomic mass is 19.1. The van der Waals surface area contributed by atoms with Crippen molar-refractivity contribution in [3.8, 4) is 5.69 Å². The first kappa shape index (κ1) is 34.2. The average molecular weight is 671 g/mol. The van der Waals surface area contributed by atoms with Crippen LogP contribution < -0.4 is 0 Å². The maximum absolute atomic E-state index is 14.6. The molecule has 3 aliphatic heterocycles. The fourth-order valence-corrected chi connectivity index (χ4v) is 9.93. The molecule has 4 fully saturated rings. The number of halogens is 1. The van der Waals surface area contributed by atoms with Crippen LogP contribution in [-0.4, -0.2) is 105 Å². The van der Waals surface area contributed by atoms with Crippen molar-refractivity contribution in [1.29, 1.82) is 0 Å². The zero-order chi connectivity index (χ0) is 34.7. The molecule has 0 bridgehead atoms. The largest absolute Gasteiger partial charge is 0.342 e. The number of rotatable bonds is 10. The van der Waals surface area contributed by atoms with Gasteiger partial charge in [0.25, 0.3) is 5.91 Å². The van der Waals surface area contributed by atoms with Gasteiger partial charge in [-0.3, -0.25) is 24.4 Å². The molecular formula is C40H55FN6O2. The minimum atomic E-state index is -0.408. The molecule has 3 aromatic rings. The smallest absolute Gasteiger partial charge is 0.256 e. The third-order valence-electron chi connectivity index (χ3n) is 12.4. The lowest BCUT2D eigenvalue weighted by Gasteiger charge is -2.54. The van der Waals surface area contributed by atoms with Gasteiger partial charge in [-0.05, 0) is 106 Å². The average Bonchev–Trinajstić information content (AvgIpc) is 3.69. The third-order valence-corrected chi connectivity index (χ3v) is 12.4. The summed E-state index contributed by atoms with van der Waals surface area (Å²) in [7, 11) is 0. The highest BCUT2D eigenvalue weighted by Gasteiger charge is 2.49. The summed E-state index contributed by atoms with van der Waals surface area (Å²) in [6, 6.07) is 5.90. The van der Waals surface area contributed by atoms with Gasteiger partial charge in [-0.2, -0.15) is 0 Å². The van der Waals surface area contributed by atoms with Crippen LogP contribution in [0.25, 0.3) is 16.6 Å². The number of hydrogen-bond donors (Lipinski definition) is 0. The molecule has 264 valence electrons. The van der Waals surface area contributed by atoms with E-state index in [1.54, 1.807) is 17.9 Å². The Bertz CT molecular complexity index is 1690. The third kappa shape index (κ3) is 6.30. The zero-order valence-electron chi connectivity index (χ0n) is 30.5. The summed E-state index contributed by atoms with van der Waals surface area (Å²) in [4.78, 5) is 39.5. The highest BCUT2D eigenvalue weighted by molar-refractivity contribution is 5.99. The summed E-state index contributed by atoms with van der Waals surface area (Å²) in [5.74, 6) is 2.92. The lowest BCUT2D eigenvalue weighted by molar-refractivity contribution is -0.128. The molecule has 3 atom stereocenters. The maximum atomic E-state index is 14.6. The molecule has 0 spiro atoms. The number of carbonyl (C=O) groups excluding carboxylic acids is 2. The van der Waals surface area contributed by atoms with Crippen LogP contribution in [0.2, 0.25) is 0 Å². The van der Waals surface area contributed by atoms with E-state index >= 15 is 0 Å². The van der Waals surface area contributed by atoms with Crippen molar-refractivity contribution >= 4 is 22.7 Å². The van der Waals surface area contributed by atoms with Crippen molar-refractivity contribution in [2.45, 2.75) is 85.9 Å². The number of amides is 2. The van der Waals surface area contributed by atoms with Crippen molar-refractivity contribution in [2.75, 3.05) is 45.8 Å². The summed E-state index contributed by atoms with van der Waals surface area (Å²) in [5, 5.41) is 1.19. The Morgan fingerprint density at radius 1 is 1.00 bits per heavy atom. The van der Waals surface area contributed by atoms with Gasteiger partial charge in [-0.1, -0.05) is 13.8 Å². The molecule has 7 rings (SSSR count). The van der Waals surface area contributed by atoms with Crippen molar-refractivity contribution in [3.05, 3.63) is 59.3 Å². The van der Waals surface area contributed by atoms with Crippen LogP contribution in [0.4, 0.5) is 4.39 Å². The molecule has 2 unspecified atom stereocenters. The monoisotopic (exact) mass is 670 g/mol. The van der Waals surface area contributed by atoms with Gasteiger partial charge < -0.3 is 14.4 Å². The zero-order valence-corrected chi connectivity index (χ0v) is 30.5. The van der Waals surface area contributed by atoms with Crippen molar-refractivity contribution in [3.63, 3.8) is 0 Å². The minimum Gasteiger partial charge on any atom is -0.342 e. The van der Waals surface area contributed by atoms with Gasteiger partial charge in [0.15, 0.2) is 0 Å². The number of aryl methyl sites for hydroxylation is 1. The lowest BCUT2D eigenvalue weighted by Crippen LogP contribution is -2.60. The molecule has 0 N–H and O–H groups in total. The van der Waals surface area contributed by atoms with Crippen molar-refractivity contribution in [2.24, 2.45) is 29.6 Å². The fourth-order valence-electron chi connectivity index (χ4n) is 9.93. The fraction of sp³-hybridized carbons (Fsp3) is 0.625. The number of nitrogens with zero attached hydrogens (tertiary/aromatic N) is 6. The minimum absolute atomic E-state index is 0.0107. The maximum Gasteiger partial charge on any atom is 0.256 e. The summed E-state index contributed by atoms with van der Waals surface area (Å²) in [6.07, 6.45) is 9.54. The van der Waals surface area contributed by atoms with Crippen LogP contribution in [0.3, 0.4) is 0 Å². The van der Waals surface area contributed by atoms with E-state index in [1.165, 1.54) is 35.9 Å². The normalized spacial score (nSPS) is 25.2. The Kier molecular flexibility index (Phi) is 9.37. The van der Waals surface area contributed by atoms with Crippen LogP contribution in [-0.2, 0) is 11.2 Å². The Morgan fingerprint density at radius 2 is 1.69 bits per heavy atom. The Morgan fingerprint density at radius 3 is 2.31 bits per heavy atom. The van der Waals surface area contributed by atoms with Crippen LogP contribution in [0.5, 0.6) is 0 Å². The van der Waals surface area contributed by atoms with E-state index in [9.17, 15) is 14.0 Å². The van der Waals surface area contributed by atoms with Gasteiger partial charge in [0.1, 0.15) is 5.82 Å². The van der Waals surface area contributed by atoms with E-state index in [0.717, 1.165) is 62.7 Å². The van der Waals surface area contributed by atoms with Crippen LogP contribution >= 0.6 is 0 Å². The van der Waals surface area contributed by atoms with E-state index in [4.69, 9.17) is 0 Å². The van der Waals surface area contributed by atoms with E-state index in [1.807, 2.05) is 33.2 Å². The predicted octanol–water partition coefficient (Wildman–Crippen LogP) is 6.03. The van der Waals surface area contributed by atoms with E-state index < -0.39 is 5.82 Å². The van der Waals surface area contributed by atoms with Crippen molar-refractivity contribution < 1.29 is 14.0 Å². The number of aromatic nitrogens is 2. The SMILES string of the molecule is CCN(C(=O)c1cc(F)ccc1-n1cc(CC2CN(C(C(C)C)[C@H]3C[C@H](N4CC5CN(C(C)=O)C[C@@H]5C4)C3)C2)c2c(C)cncc21)C(C)C. The van der Waals surface area contributed by atoms with Gasteiger partial charge in [-0.25, -0.2) is 4.39 Å². The molecule has 1 saturated carbocycles. The second-order valence-electron chi connectivity index (χ2n) is 16.3. The molecule has 9 heteroatoms. The van der Waals surface area contributed by atoms with Gasteiger partial charge in [-0.15, -0.1) is 0 Å².